The maximum Gasteiger partial charge on any atom is 0.166 e. The van der Waals surface area contributed by atoms with E-state index < -0.39 is 0 Å². The summed E-state index contributed by atoms with van der Waals surface area (Å²) in [6.45, 7) is 2.00. The standard InChI is InChI=1S/C6H9BO2/c1-4-2-6(7)9-5(4)3-8/h2,4-5,8H,3H2,1H3/t4-,5+/m0/s1. The molecule has 2 atom stereocenters. The molecule has 0 fully saturated rings. The first-order valence-electron chi connectivity index (χ1n) is 2.99. The molecule has 0 spiro atoms. The molecule has 2 radical (unpaired) electrons. The predicted octanol–water partition coefficient (Wildman–Crippen LogP) is 0.0235. The van der Waals surface area contributed by atoms with Gasteiger partial charge < -0.3 is 9.84 Å². The fourth-order valence-electron chi connectivity index (χ4n) is 0.891. The van der Waals surface area contributed by atoms with Gasteiger partial charge in [-0.3, -0.25) is 0 Å². The van der Waals surface area contributed by atoms with Crippen molar-refractivity contribution in [2.24, 2.45) is 5.92 Å². The summed E-state index contributed by atoms with van der Waals surface area (Å²) in [6.07, 6.45) is 1.69. The Morgan fingerprint density at radius 3 is 2.78 bits per heavy atom. The highest BCUT2D eigenvalue weighted by molar-refractivity contribution is 6.20. The summed E-state index contributed by atoms with van der Waals surface area (Å²) in [5, 5.41) is 8.64. The minimum absolute atomic E-state index is 0.0400. The highest BCUT2D eigenvalue weighted by Crippen LogP contribution is 2.19. The SMILES string of the molecule is [B]C1=C[C@H](C)[C@@H](CO)O1. The van der Waals surface area contributed by atoms with E-state index >= 15 is 0 Å². The van der Waals surface area contributed by atoms with Gasteiger partial charge in [-0.2, -0.15) is 0 Å². The Hall–Kier alpha value is -0.435. The van der Waals surface area contributed by atoms with E-state index in [1.807, 2.05) is 6.92 Å². The van der Waals surface area contributed by atoms with Gasteiger partial charge in [-0.15, -0.1) is 0 Å². The Kier molecular flexibility index (Phi) is 1.81. The summed E-state index contributed by atoms with van der Waals surface area (Å²) in [5.74, 6) is 0.245. The second kappa shape index (κ2) is 2.44. The molecule has 1 N–H and O–H groups in total. The summed E-state index contributed by atoms with van der Waals surface area (Å²) in [7, 11) is 5.32. The van der Waals surface area contributed by atoms with Crippen LogP contribution in [0.2, 0.25) is 0 Å². The van der Waals surface area contributed by atoms with Crippen molar-refractivity contribution in [3.63, 3.8) is 0 Å². The highest BCUT2D eigenvalue weighted by atomic mass is 16.5. The van der Waals surface area contributed by atoms with Gasteiger partial charge in [0.1, 0.15) is 6.10 Å². The van der Waals surface area contributed by atoms with E-state index in [1.165, 1.54) is 0 Å². The van der Waals surface area contributed by atoms with Gasteiger partial charge in [0, 0.05) is 11.6 Å². The molecule has 48 valence electrons. The van der Waals surface area contributed by atoms with Crippen LogP contribution in [-0.2, 0) is 4.74 Å². The lowest BCUT2D eigenvalue weighted by atomic mass is 10.0. The van der Waals surface area contributed by atoms with Crippen molar-refractivity contribution in [1.82, 2.24) is 0 Å². The van der Waals surface area contributed by atoms with Crippen LogP contribution >= 0.6 is 0 Å². The molecule has 0 aliphatic carbocycles. The molecule has 0 aromatic rings. The third-order valence-corrected chi connectivity index (χ3v) is 1.48. The minimum Gasteiger partial charge on any atom is -0.504 e. The number of aliphatic hydroxyl groups is 1. The molecule has 0 aromatic carbocycles. The number of rotatable bonds is 1. The van der Waals surface area contributed by atoms with Crippen LogP contribution in [0, 0.1) is 5.92 Å². The van der Waals surface area contributed by atoms with Crippen LogP contribution in [0.3, 0.4) is 0 Å². The topological polar surface area (TPSA) is 29.5 Å². The van der Waals surface area contributed by atoms with Crippen LogP contribution in [-0.4, -0.2) is 25.7 Å². The molecule has 1 aliphatic rings. The predicted molar refractivity (Wildman–Crippen MR) is 35.0 cm³/mol. The van der Waals surface area contributed by atoms with Crippen molar-refractivity contribution in [2.45, 2.75) is 13.0 Å². The van der Waals surface area contributed by atoms with Crippen molar-refractivity contribution >= 4 is 7.85 Å². The molecular formula is C6H9BO2. The third-order valence-electron chi connectivity index (χ3n) is 1.48. The molecule has 0 unspecified atom stereocenters. The zero-order valence-corrected chi connectivity index (χ0v) is 5.37. The van der Waals surface area contributed by atoms with E-state index in [0.717, 1.165) is 0 Å². The van der Waals surface area contributed by atoms with Crippen LogP contribution < -0.4 is 0 Å². The van der Waals surface area contributed by atoms with E-state index in [0.29, 0.717) is 5.66 Å². The van der Waals surface area contributed by atoms with Crippen LogP contribution in [0.4, 0.5) is 0 Å². The zero-order valence-electron chi connectivity index (χ0n) is 5.37. The first-order valence-corrected chi connectivity index (χ1v) is 2.99. The summed E-state index contributed by atoms with van der Waals surface area (Å²) in [6, 6.07) is 0. The smallest absolute Gasteiger partial charge is 0.166 e. The summed E-state index contributed by atoms with van der Waals surface area (Å²) < 4.78 is 5.01. The maximum atomic E-state index is 8.64. The number of ether oxygens (including phenoxy) is 1. The molecule has 0 bridgehead atoms. The molecule has 2 nitrogen and oxygen atoms in total. The fraction of sp³-hybridized carbons (Fsp3) is 0.667. The quantitative estimate of drug-likeness (QED) is 0.499. The van der Waals surface area contributed by atoms with Crippen molar-refractivity contribution in [1.29, 1.82) is 0 Å². The molecule has 0 saturated carbocycles. The van der Waals surface area contributed by atoms with Crippen LogP contribution in [0.25, 0.3) is 0 Å². The molecule has 0 aromatic heterocycles. The van der Waals surface area contributed by atoms with Gasteiger partial charge >= 0.3 is 0 Å². The van der Waals surface area contributed by atoms with Gasteiger partial charge in [-0.25, -0.2) is 0 Å². The zero-order chi connectivity index (χ0) is 6.85. The monoisotopic (exact) mass is 124 g/mol. The van der Waals surface area contributed by atoms with E-state index in [1.54, 1.807) is 6.08 Å². The summed E-state index contributed by atoms with van der Waals surface area (Å²) in [4.78, 5) is 0. The molecule has 0 amide bonds. The van der Waals surface area contributed by atoms with Gasteiger partial charge in [0.2, 0.25) is 0 Å². The van der Waals surface area contributed by atoms with E-state index in [4.69, 9.17) is 17.7 Å². The first-order chi connectivity index (χ1) is 4.24. The van der Waals surface area contributed by atoms with Crippen molar-refractivity contribution in [2.75, 3.05) is 6.61 Å². The molecule has 1 heterocycles. The third kappa shape index (κ3) is 1.27. The largest absolute Gasteiger partial charge is 0.504 e. The van der Waals surface area contributed by atoms with Crippen molar-refractivity contribution < 1.29 is 9.84 Å². The van der Waals surface area contributed by atoms with Gasteiger partial charge in [0.15, 0.2) is 7.85 Å². The molecule has 1 aliphatic heterocycles. The Morgan fingerprint density at radius 2 is 2.56 bits per heavy atom. The second-order valence-electron chi connectivity index (χ2n) is 2.27. The Labute approximate surface area is 55.9 Å². The van der Waals surface area contributed by atoms with Crippen molar-refractivity contribution in [3.8, 4) is 0 Å². The van der Waals surface area contributed by atoms with Gasteiger partial charge in [-0.05, 0) is 0 Å². The van der Waals surface area contributed by atoms with E-state index in [2.05, 4.69) is 0 Å². The van der Waals surface area contributed by atoms with Crippen LogP contribution in [0.5, 0.6) is 0 Å². The Morgan fingerprint density at radius 1 is 1.89 bits per heavy atom. The second-order valence-corrected chi connectivity index (χ2v) is 2.27. The fourth-order valence-corrected chi connectivity index (χ4v) is 0.891. The van der Waals surface area contributed by atoms with Gasteiger partial charge in [-0.1, -0.05) is 13.0 Å². The molecule has 9 heavy (non-hydrogen) atoms. The van der Waals surface area contributed by atoms with Crippen molar-refractivity contribution in [3.05, 3.63) is 11.7 Å². The number of aliphatic hydroxyl groups excluding tert-OH is 1. The first kappa shape index (κ1) is 6.68. The van der Waals surface area contributed by atoms with Crippen LogP contribution in [0.15, 0.2) is 11.7 Å². The summed E-state index contributed by atoms with van der Waals surface area (Å²) in [5.41, 5.74) is 0.432. The average Bonchev–Trinajstić information content (AvgIpc) is 2.10. The lowest BCUT2D eigenvalue weighted by Crippen LogP contribution is -2.18. The van der Waals surface area contributed by atoms with E-state index in [-0.39, 0.29) is 18.6 Å². The molecule has 3 heteroatoms. The molecule has 1 rings (SSSR count). The number of hydrogen-bond donors (Lipinski definition) is 1. The molecular weight excluding hydrogens is 115 g/mol. The van der Waals surface area contributed by atoms with Gasteiger partial charge in [0.05, 0.1) is 6.61 Å². The van der Waals surface area contributed by atoms with Crippen LogP contribution in [0.1, 0.15) is 6.92 Å². The molecule has 0 saturated heterocycles. The average molecular weight is 124 g/mol. The van der Waals surface area contributed by atoms with Gasteiger partial charge in [0.25, 0.3) is 0 Å². The summed E-state index contributed by atoms with van der Waals surface area (Å²) >= 11 is 0. The maximum absolute atomic E-state index is 8.64. The normalized spacial score (nSPS) is 33.8. The highest BCUT2D eigenvalue weighted by Gasteiger charge is 2.21. The Bertz CT molecular complexity index is 133. The Balaban J connectivity index is 2.49. The number of hydrogen-bond acceptors (Lipinski definition) is 2. The minimum atomic E-state index is -0.120. The lowest BCUT2D eigenvalue weighted by molar-refractivity contribution is 0.0676. The lowest BCUT2D eigenvalue weighted by Gasteiger charge is -2.11. The van der Waals surface area contributed by atoms with E-state index in [9.17, 15) is 0 Å².